The van der Waals surface area contributed by atoms with Crippen molar-refractivity contribution < 1.29 is 14.7 Å². The molecule has 0 amide bonds. The van der Waals surface area contributed by atoms with Crippen molar-refractivity contribution in [3.8, 4) is 0 Å². The Labute approximate surface area is 99.8 Å². The fraction of sp³-hybridized carbons (Fsp3) is 0.750. The van der Waals surface area contributed by atoms with Crippen molar-refractivity contribution in [2.75, 3.05) is 24.6 Å². The van der Waals surface area contributed by atoms with Crippen LogP contribution in [0.15, 0.2) is 0 Å². The minimum atomic E-state index is -0.925. The van der Waals surface area contributed by atoms with Crippen LogP contribution in [0.5, 0.6) is 0 Å². The molecule has 0 aliphatic rings. The average Bonchev–Trinajstić information content (AvgIpc) is 2.23. The summed E-state index contributed by atoms with van der Waals surface area (Å²) in [7, 11) is 0. The van der Waals surface area contributed by atoms with Gasteiger partial charge in [-0.3, -0.25) is 4.79 Å². The Balaban J connectivity index is 3.60. The van der Waals surface area contributed by atoms with E-state index in [-0.39, 0.29) is 11.8 Å². The van der Waals surface area contributed by atoms with E-state index in [1.807, 2.05) is 0 Å². The first-order chi connectivity index (χ1) is 7.15. The van der Waals surface area contributed by atoms with E-state index in [0.717, 1.165) is 6.29 Å². The maximum absolute atomic E-state index is 10.6. The van der Waals surface area contributed by atoms with Gasteiger partial charge in [0.05, 0.1) is 6.04 Å². The van der Waals surface area contributed by atoms with Crippen LogP contribution in [0, 0.1) is 0 Å². The molecule has 0 rings (SSSR count). The number of aliphatic carboxylic acids is 1. The fourth-order valence-corrected chi connectivity index (χ4v) is 1.39. The van der Waals surface area contributed by atoms with Gasteiger partial charge in [0.1, 0.15) is 12.3 Å². The predicted octanol–water partition coefficient (Wildman–Crippen LogP) is -0.954. The molecule has 0 saturated carbocycles. The summed E-state index contributed by atoms with van der Waals surface area (Å²) >= 11 is 7.87. The van der Waals surface area contributed by atoms with Crippen LogP contribution in [0.1, 0.15) is 0 Å². The molecule has 0 aliphatic heterocycles. The highest BCUT2D eigenvalue weighted by atomic mass is 32.1. The van der Waals surface area contributed by atoms with E-state index in [0.29, 0.717) is 18.8 Å². The molecule has 0 aromatic carbocycles. The van der Waals surface area contributed by atoms with Crippen molar-refractivity contribution in [3.05, 3.63) is 0 Å². The number of nitrogens with one attached hydrogen (secondary N) is 2. The Kier molecular flexibility index (Phi) is 8.88. The van der Waals surface area contributed by atoms with Crippen molar-refractivity contribution in [1.29, 1.82) is 0 Å². The van der Waals surface area contributed by atoms with Gasteiger partial charge in [-0.2, -0.15) is 25.3 Å². The second-order valence-corrected chi connectivity index (χ2v) is 3.64. The zero-order valence-corrected chi connectivity index (χ0v) is 10.0. The van der Waals surface area contributed by atoms with Crippen LogP contribution >= 0.6 is 25.3 Å². The zero-order valence-electron chi connectivity index (χ0n) is 8.22. The van der Waals surface area contributed by atoms with Crippen LogP contribution in [0.2, 0.25) is 0 Å². The van der Waals surface area contributed by atoms with Gasteiger partial charge >= 0.3 is 5.97 Å². The van der Waals surface area contributed by atoms with E-state index in [1.165, 1.54) is 0 Å². The maximum Gasteiger partial charge on any atom is 0.321 e. The third-order valence-electron chi connectivity index (χ3n) is 1.76. The summed E-state index contributed by atoms with van der Waals surface area (Å²) < 4.78 is 0. The van der Waals surface area contributed by atoms with Crippen molar-refractivity contribution in [3.63, 3.8) is 0 Å². The number of carboxylic acid groups (broad SMARTS) is 1. The standard InChI is InChI=1S/C8H16N2O3S2/c11-3-6(4-14)9-1-2-10-7(5-15)8(12)13/h3,6-7,9-10,14-15H,1-2,4-5H2,(H,12,13)/t6-,7+/m1/s1. The second-order valence-electron chi connectivity index (χ2n) is 2.91. The molecule has 0 saturated heterocycles. The van der Waals surface area contributed by atoms with E-state index >= 15 is 0 Å². The van der Waals surface area contributed by atoms with Crippen molar-refractivity contribution in [2.24, 2.45) is 0 Å². The Morgan fingerprint density at radius 3 is 2.27 bits per heavy atom. The highest BCUT2D eigenvalue weighted by Gasteiger charge is 2.13. The SMILES string of the molecule is O=C[C@H](CS)NCCN[C@@H](CS)C(=O)O. The normalized spacial score (nSPS) is 14.5. The molecule has 0 spiro atoms. The number of hydrogen-bond acceptors (Lipinski definition) is 6. The van der Waals surface area contributed by atoms with Gasteiger partial charge in [0.15, 0.2) is 0 Å². The molecule has 0 radical (unpaired) electrons. The highest BCUT2D eigenvalue weighted by molar-refractivity contribution is 7.80. The molecule has 0 aromatic rings. The molecular formula is C8H16N2O3S2. The Morgan fingerprint density at radius 1 is 1.27 bits per heavy atom. The lowest BCUT2D eigenvalue weighted by molar-refractivity contribution is -0.138. The van der Waals surface area contributed by atoms with Gasteiger partial charge in [-0.05, 0) is 0 Å². The summed E-state index contributed by atoms with van der Waals surface area (Å²) in [6.45, 7) is 0.983. The molecule has 15 heavy (non-hydrogen) atoms. The first kappa shape index (κ1) is 14.8. The van der Waals surface area contributed by atoms with E-state index in [2.05, 4.69) is 35.9 Å². The van der Waals surface area contributed by atoms with E-state index in [9.17, 15) is 9.59 Å². The molecule has 7 heteroatoms. The van der Waals surface area contributed by atoms with Crippen molar-refractivity contribution in [2.45, 2.75) is 12.1 Å². The minimum Gasteiger partial charge on any atom is -0.480 e. The summed E-state index contributed by atoms with van der Waals surface area (Å²) in [5, 5.41) is 14.4. The Morgan fingerprint density at radius 2 is 1.87 bits per heavy atom. The van der Waals surface area contributed by atoms with Gasteiger partial charge in [-0.25, -0.2) is 0 Å². The lowest BCUT2D eigenvalue weighted by atomic mass is 10.3. The van der Waals surface area contributed by atoms with Gasteiger partial charge in [0, 0.05) is 24.6 Å². The molecule has 3 N–H and O–H groups in total. The molecule has 0 unspecified atom stereocenters. The largest absolute Gasteiger partial charge is 0.480 e. The summed E-state index contributed by atoms with van der Waals surface area (Å²) in [6, 6.07) is -0.935. The minimum absolute atomic E-state index is 0.235. The quantitative estimate of drug-likeness (QED) is 0.208. The third-order valence-corrected chi connectivity index (χ3v) is 2.52. The highest BCUT2D eigenvalue weighted by Crippen LogP contribution is 1.87. The summed E-state index contributed by atoms with van der Waals surface area (Å²) in [4.78, 5) is 21.0. The van der Waals surface area contributed by atoms with Crippen molar-refractivity contribution in [1.82, 2.24) is 10.6 Å². The fourth-order valence-electron chi connectivity index (χ4n) is 0.890. The van der Waals surface area contributed by atoms with Gasteiger partial charge in [-0.15, -0.1) is 0 Å². The first-order valence-electron chi connectivity index (χ1n) is 4.52. The van der Waals surface area contributed by atoms with E-state index in [4.69, 9.17) is 5.11 Å². The van der Waals surface area contributed by atoms with Crippen LogP contribution in [0.4, 0.5) is 0 Å². The van der Waals surface area contributed by atoms with Gasteiger partial charge in [0.25, 0.3) is 0 Å². The van der Waals surface area contributed by atoms with Crippen molar-refractivity contribution >= 4 is 37.5 Å². The Bertz CT molecular complexity index is 204. The third kappa shape index (κ3) is 6.77. The number of carbonyl (C=O) groups is 2. The number of carboxylic acids is 1. The van der Waals surface area contributed by atoms with E-state index < -0.39 is 12.0 Å². The lowest BCUT2D eigenvalue weighted by Crippen LogP contribution is -2.43. The topological polar surface area (TPSA) is 78.4 Å². The molecule has 5 nitrogen and oxygen atoms in total. The number of hydrogen-bond donors (Lipinski definition) is 5. The summed E-state index contributed by atoms with van der Waals surface area (Å²) in [6.07, 6.45) is 0.778. The molecule has 0 aromatic heterocycles. The number of aldehydes is 1. The molecule has 0 aliphatic carbocycles. The monoisotopic (exact) mass is 252 g/mol. The number of thiol groups is 2. The second kappa shape index (κ2) is 9.02. The smallest absolute Gasteiger partial charge is 0.321 e. The molecule has 0 heterocycles. The van der Waals surface area contributed by atoms with Crippen LogP contribution in [-0.2, 0) is 9.59 Å². The van der Waals surface area contributed by atoms with Crippen LogP contribution in [0.25, 0.3) is 0 Å². The lowest BCUT2D eigenvalue weighted by Gasteiger charge is -2.13. The first-order valence-corrected chi connectivity index (χ1v) is 5.78. The molecule has 0 fully saturated rings. The zero-order chi connectivity index (χ0) is 11.7. The number of carbonyl (C=O) groups excluding carboxylic acids is 1. The van der Waals surface area contributed by atoms with Crippen LogP contribution in [-0.4, -0.2) is 54.0 Å². The van der Waals surface area contributed by atoms with E-state index in [1.54, 1.807) is 0 Å². The van der Waals surface area contributed by atoms with Crippen LogP contribution < -0.4 is 10.6 Å². The van der Waals surface area contributed by atoms with Crippen LogP contribution in [0.3, 0.4) is 0 Å². The van der Waals surface area contributed by atoms with Gasteiger partial charge in [0.2, 0.25) is 0 Å². The maximum atomic E-state index is 10.6. The van der Waals surface area contributed by atoms with Gasteiger partial charge in [-0.1, -0.05) is 0 Å². The molecule has 0 bridgehead atoms. The van der Waals surface area contributed by atoms with Gasteiger partial charge < -0.3 is 20.5 Å². The Hall–Kier alpha value is -0.240. The molecule has 88 valence electrons. The molecular weight excluding hydrogens is 236 g/mol. The molecule has 2 atom stereocenters. The summed E-state index contributed by atoms with van der Waals surface area (Å²) in [5.41, 5.74) is 0. The summed E-state index contributed by atoms with van der Waals surface area (Å²) in [5.74, 6) is -0.261. The predicted molar refractivity (Wildman–Crippen MR) is 65.0 cm³/mol. The average molecular weight is 252 g/mol. The number of rotatable bonds is 9.